The van der Waals surface area contributed by atoms with Crippen LogP contribution in [0.2, 0.25) is 0 Å². The fourth-order valence-corrected chi connectivity index (χ4v) is 2.30. The fraction of sp³-hybridized carbons (Fsp3) is 0.308. The van der Waals surface area contributed by atoms with Crippen LogP contribution in [-0.4, -0.2) is 32.7 Å². The average molecular weight is 277 g/mol. The molecule has 7 heteroatoms. The summed E-state index contributed by atoms with van der Waals surface area (Å²) < 4.78 is 19.9. The van der Waals surface area contributed by atoms with Crippen LogP contribution < -0.4 is 0 Å². The third-order valence-electron chi connectivity index (χ3n) is 3.21. The Kier molecular flexibility index (Phi) is 3.19. The number of hydrogen-bond acceptors (Lipinski definition) is 4. The molecule has 1 unspecified atom stereocenters. The molecule has 0 spiro atoms. The lowest BCUT2D eigenvalue weighted by Crippen LogP contribution is -2.11. The number of nitrogens with zero attached hydrogens (tertiary/aromatic N) is 3. The van der Waals surface area contributed by atoms with E-state index in [0.29, 0.717) is 18.0 Å². The van der Waals surface area contributed by atoms with E-state index in [1.54, 1.807) is 0 Å². The van der Waals surface area contributed by atoms with Crippen LogP contribution in [0.1, 0.15) is 35.1 Å². The van der Waals surface area contributed by atoms with Gasteiger partial charge in [0.25, 0.3) is 0 Å². The molecule has 1 atom stereocenters. The molecule has 3 rings (SSSR count). The molecule has 0 saturated carbocycles. The van der Waals surface area contributed by atoms with Gasteiger partial charge in [0.05, 0.1) is 5.69 Å². The number of carboxylic acids is 1. The van der Waals surface area contributed by atoms with E-state index in [9.17, 15) is 14.3 Å². The predicted octanol–water partition coefficient (Wildman–Crippen LogP) is 1.96. The second-order valence-electron chi connectivity index (χ2n) is 4.52. The van der Waals surface area contributed by atoms with Crippen molar-refractivity contribution in [1.29, 1.82) is 0 Å². The van der Waals surface area contributed by atoms with Crippen molar-refractivity contribution in [2.24, 2.45) is 0 Å². The average Bonchev–Trinajstić information content (AvgIpc) is 3.08. The van der Waals surface area contributed by atoms with Gasteiger partial charge >= 0.3 is 5.97 Å². The van der Waals surface area contributed by atoms with Crippen LogP contribution in [0.4, 0.5) is 4.39 Å². The van der Waals surface area contributed by atoms with Gasteiger partial charge in [0, 0.05) is 6.61 Å². The molecule has 1 aliphatic heterocycles. The molecule has 1 saturated heterocycles. The summed E-state index contributed by atoms with van der Waals surface area (Å²) in [6.07, 6.45) is 1.23. The smallest absolute Gasteiger partial charge is 0.358 e. The van der Waals surface area contributed by atoms with Gasteiger partial charge in [-0.1, -0.05) is 5.21 Å². The van der Waals surface area contributed by atoms with Crippen LogP contribution in [0.5, 0.6) is 0 Å². The van der Waals surface area contributed by atoms with Crippen LogP contribution in [0.3, 0.4) is 0 Å². The van der Waals surface area contributed by atoms with Crippen LogP contribution >= 0.6 is 0 Å². The van der Waals surface area contributed by atoms with Gasteiger partial charge < -0.3 is 9.84 Å². The number of rotatable bonds is 3. The number of aromatic carboxylic acids is 1. The molecule has 0 bridgehead atoms. The van der Waals surface area contributed by atoms with E-state index in [-0.39, 0.29) is 17.6 Å². The molecule has 2 heterocycles. The molecule has 0 aliphatic carbocycles. The summed E-state index contributed by atoms with van der Waals surface area (Å²) >= 11 is 0. The van der Waals surface area contributed by atoms with Crippen LogP contribution in [0.15, 0.2) is 24.3 Å². The fourth-order valence-electron chi connectivity index (χ4n) is 2.30. The lowest BCUT2D eigenvalue weighted by atomic mass is 10.1. The maximum absolute atomic E-state index is 13.0. The first kappa shape index (κ1) is 12.7. The number of benzene rings is 1. The first-order valence-corrected chi connectivity index (χ1v) is 6.23. The standard InChI is InChI=1S/C13H12FN3O3/c14-8-3-5-9(6-4-8)17-12(10-2-1-7-20-10)11(13(18)19)15-16-17/h3-6,10H,1-2,7H2,(H,18,19). The van der Waals surface area contributed by atoms with E-state index in [1.165, 1.54) is 28.9 Å². The van der Waals surface area contributed by atoms with Gasteiger partial charge in [-0.15, -0.1) is 5.10 Å². The van der Waals surface area contributed by atoms with Crippen molar-refractivity contribution in [3.8, 4) is 5.69 Å². The molecular formula is C13H12FN3O3. The minimum Gasteiger partial charge on any atom is -0.476 e. The Morgan fingerprint density at radius 3 is 2.75 bits per heavy atom. The molecule has 0 radical (unpaired) electrons. The van der Waals surface area contributed by atoms with Crippen molar-refractivity contribution < 1.29 is 19.0 Å². The first-order chi connectivity index (χ1) is 9.66. The van der Waals surface area contributed by atoms with Gasteiger partial charge in [-0.2, -0.15) is 0 Å². The minimum atomic E-state index is -1.15. The van der Waals surface area contributed by atoms with Crippen LogP contribution in [0.25, 0.3) is 5.69 Å². The molecular weight excluding hydrogens is 265 g/mol. The van der Waals surface area contributed by atoms with Crippen molar-refractivity contribution in [2.45, 2.75) is 18.9 Å². The maximum atomic E-state index is 13.0. The Balaban J connectivity index is 2.10. The van der Waals surface area contributed by atoms with E-state index < -0.39 is 5.97 Å². The number of hydrogen-bond donors (Lipinski definition) is 1. The van der Waals surface area contributed by atoms with Gasteiger partial charge in [0.2, 0.25) is 0 Å². The summed E-state index contributed by atoms with van der Waals surface area (Å²) in [5.74, 6) is -1.52. The third-order valence-corrected chi connectivity index (χ3v) is 3.21. The van der Waals surface area contributed by atoms with E-state index in [4.69, 9.17) is 4.74 Å². The van der Waals surface area contributed by atoms with Gasteiger partial charge in [0.1, 0.15) is 17.6 Å². The first-order valence-electron chi connectivity index (χ1n) is 6.23. The number of aromatic nitrogens is 3. The van der Waals surface area contributed by atoms with E-state index in [1.807, 2.05) is 0 Å². The Labute approximate surface area is 113 Å². The number of halogens is 1. The summed E-state index contributed by atoms with van der Waals surface area (Å²) in [7, 11) is 0. The molecule has 1 fully saturated rings. The molecule has 6 nitrogen and oxygen atoms in total. The highest BCUT2D eigenvalue weighted by molar-refractivity contribution is 5.86. The Morgan fingerprint density at radius 2 is 2.15 bits per heavy atom. The number of carbonyl (C=O) groups is 1. The van der Waals surface area contributed by atoms with Crippen molar-refractivity contribution >= 4 is 5.97 Å². The zero-order chi connectivity index (χ0) is 14.1. The molecule has 1 N–H and O–H groups in total. The van der Waals surface area contributed by atoms with Gasteiger partial charge in [-0.05, 0) is 37.1 Å². The zero-order valence-corrected chi connectivity index (χ0v) is 10.5. The summed E-state index contributed by atoms with van der Waals surface area (Å²) in [6.45, 7) is 0.582. The lowest BCUT2D eigenvalue weighted by molar-refractivity contribution is 0.0673. The molecule has 1 aliphatic rings. The highest BCUT2D eigenvalue weighted by Crippen LogP contribution is 2.31. The zero-order valence-electron chi connectivity index (χ0n) is 10.5. The Morgan fingerprint density at radius 1 is 1.40 bits per heavy atom. The van der Waals surface area contributed by atoms with Gasteiger partial charge in [-0.3, -0.25) is 0 Å². The largest absolute Gasteiger partial charge is 0.476 e. The predicted molar refractivity (Wildman–Crippen MR) is 66.2 cm³/mol. The van der Waals surface area contributed by atoms with Crippen molar-refractivity contribution in [2.75, 3.05) is 6.61 Å². The Bertz CT molecular complexity index is 633. The summed E-state index contributed by atoms with van der Waals surface area (Å²) in [5.41, 5.74) is 0.833. The summed E-state index contributed by atoms with van der Waals surface area (Å²) in [4.78, 5) is 11.2. The minimum absolute atomic E-state index is 0.124. The monoisotopic (exact) mass is 277 g/mol. The van der Waals surface area contributed by atoms with Crippen molar-refractivity contribution in [1.82, 2.24) is 15.0 Å². The topological polar surface area (TPSA) is 77.2 Å². The highest BCUT2D eigenvalue weighted by atomic mass is 19.1. The van der Waals surface area contributed by atoms with Crippen LogP contribution in [-0.2, 0) is 4.74 Å². The lowest BCUT2D eigenvalue weighted by Gasteiger charge is -2.12. The molecule has 1 aromatic heterocycles. The normalized spacial score (nSPS) is 18.4. The Hall–Kier alpha value is -2.28. The van der Waals surface area contributed by atoms with Gasteiger partial charge in [-0.25, -0.2) is 13.9 Å². The maximum Gasteiger partial charge on any atom is 0.358 e. The molecule has 1 aromatic carbocycles. The SMILES string of the molecule is O=C(O)c1nnn(-c2ccc(F)cc2)c1C1CCCO1. The molecule has 20 heavy (non-hydrogen) atoms. The number of carboxylic acid groups (broad SMARTS) is 1. The third kappa shape index (κ3) is 2.16. The quantitative estimate of drug-likeness (QED) is 0.927. The molecule has 0 amide bonds. The highest BCUT2D eigenvalue weighted by Gasteiger charge is 2.30. The van der Waals surface area contributed by atoms with Crippen molar-refractivity contribution in [3.05, 3.63) is 41.5 Å². The van der Waals surface area contributed by atoms with E-state index >= 15 is 0 Å². The second kappa shape index (κ2) is 5.01. The number of ether oxygens (including phenoxy) is 1. The van der Waals surface area contributed by atoms with E-state index in [2.05, 4.69) is 10.3 Å². The molecule has 104 valence electrons. The van der Waals surface area contributed by atoms with Gasteiger partial charge in [0.15, 0.2) is 5.69 Å². The second-order valence-corrected chi connectivity index (χ2v) is 4.52. The summed E-state index contributed by atoms with van der Waals surface area (Å²) in [6, 6.07) is 5.62. The van der Waals surface area contributed by atoms with Crippen LogP contribution in [0, 0.1) is 5.82 Å². The van der Waals surface area contributed by atoms with Crippen molar-refractivity contribution in [3.63, 3.8) is 0 Å². The molecule has 2 aromatic rings. The van der Waals surface area contributed by atoms with E-state index in [0.717, 1.165) is 12.8 Å². The summed E-state index contributed by atoms with van der Waals surface area (Å²) in [5, 5.41) is 16.8.